The number of carbonyl (C=O) groups is 1. The van der Waals surface area contributed by atoms with E-state index in [1.54, 1.807) is 6.33 Å². The van der Waals surface area contributed by atoms with Gasteiger partial charge >= 0.3 is 0 Å². The molecule has 0 aliphatic carbocycles. The first kappa shape index (κ1) is 12.2. The van der Waals surface area contributed by atoms with E-state index in [0.29, 0.717) is 11.5 Å². The minimum atomic E-state index is 0.0666. The van der Waals surface area contributed by atoms with E-state index in [4.69, 9.17) is 5.11 Å². The highest BCUT2D eigenvalue weighted by Crippen LogP contribution is 2.22. The van der Waals surface area contributed by atoms with Crippen LogP contribution in [0.5, 0.6) is 0 Å². The monoisotopic (exact) mass is 259 g/mol. The van der Waals surface area contributed by atoms with Crippen LogP contribution < -0.4 is 0 Å². The molecule has 0 saturated carbocycles. The van der Waals surface area contributed by atoms with Crippen molar-refractivity contribution in [2.75, 3.05) is 19.7 Å². The molecule has 2 aromatic rings. The fourth-order valence-electron chi connectivity index (χ4n) is 2.69. The van der Waals surface area contributed by atoms with E-state index in [9.17, 15) is 4.79 Å². The van der Waals surface area contributed by atoms with Crippen molar-refractivity contribution in [3.05, 3.63) is 30.1 Å². The molecule has 1 aromatic heterocycles. The van der Waals surface area contributed by atoms with Crippen molar-refractivity contribution in [2.45, 2.75) is 12.8 Å². The molecule has 2 heterocycles. The number of imidazole rings is 1. The molecule has 1 aliphatic heterocycles. The lowest BCUT2D eigenvalue weighted by Crippen LogP contribution is -2.28. The van der Waals surface area contributed by atoms with Crippen molar-refractivity contribution in [3.8, 4) is 0 Å². The predicted molar refractivity (Wildman–Crippen MR) is 71.8 cm³/mol. The number of H-pyrrole nitrogens is 1. The van der Waals surface area contributed by atoms with Crippen LogP contribution in [0.4, 0.5) is 0 Å². The molecule has 1 aromatic carbocycles. The number of rotatable bonds is 3. The van der Waals surface area contributed by atoms with Gasteiger partial charge in [0.25, 0.3) is 5.91 Å². The second-order valence-electron chi connectivity index (χ2n) is 5.05. The van der Waals surface area contributed by atoms with Gasteiger partial charge in [-0.15, -0.1) is 0 Å². The van der Waals surface area contributed by atoms with E-state index in [-0.39, 0.29) is 12.5 Å². The summed E-state index contributed by atoms with van der Waals surface area (Å²) in [6, 6.07) is 5.54. The van der Waals surface area contributed by atoms with Gasteiger partial charge in [0.1, 0.15) is 0 Å². The zero-order chi connectivity index (χ0) is 13.2. The van der Waals surface area contributed by atoms with Crippen molar-refractivity contribution >= 4 is 16.9 Å². The Hall–Kier alpha value is -1.88. The number of aliphatic hydroxyl groups is 1. The van der Waals surface area contributed by atoms with E-state index in [1.807, 2.05) is 23.1 Å². The largest absolute Gasteiger partial charge is 0.396 e. The molecule has 19 heavy (non-hydrogen) atoms. The summed E-state index contributed by atoms with van der Waals surface area (Å²) in [6.45, 7) is 1.73. The highest BCUT2D eigenvalue weighted by Gasteiger charge is 2.26. The summed E-state index contributed by atoms with van der Waals surface area (Å²) in [7, 11) is 0. The lowest BCUT2D eigenvalue weighted by Gasteiger charge is -2.16. The zero-order valence-electron chi connectivity index (χ0n) is 10.7. The van der Waals surface area contributed by atoms with Crippen LogP contribution in [0.2, 0.25) is 0 Å². The second kappa shape index (κ2) is 5.01. The van der Waals surface area contributed by atoms with E-state index >= 15 is 0 Å². The Morgan fingerprint density at radius 3 is 3.26 bits per heavy atom. The lowest BCUT2D eigenvalue weighted by atomic mass is 10.1. The average Bonchev–Trinajstić information content (AvgIpc) is 3.05. The third-order valence-corrected chi connectivity index (χ3v) is 3.78. The Bertz CT molecular complexity index is 593. The molecule has 0 radical (unpaired) electrons. The molecule has 2 N–H and O–H groups in total. The smallest absolute Gasteiger partial charge is 0.253 e. The Balaban J connectivity index is 1.76. The molecule has 0 spiro atoms. The summed E-state index contributed by atoms with van der Waals surface area (Å²) in [4.78, 5) is 21.4. The SMILES string of the molecule is O=C(c1ccc2nc[nH]c2c1)N1CCC(CCO)C1. The Morgan fingerprint density at radius 1 is 1.53 bits per heavy atom. The Labute approximate surface area is 111 Å². The summed E-state index contributed by atoms with van der Waals surface area (Å²) in [5, 5.41) is 8.95. The number of carbonyl (C=O) groups excluding carboxylic acids is 1. The van der Waals surface area contributed by atoms with Crippen molar-refractivity contribution < 1.29 is 9.90 Å². The molecular formula is C14H17N3O2. The van der Waals surface area contributed by atoms with E-state index in [2.05, 4.69) is 9.97 Å². The normalized spacial score (nSPS) is 19.2. The van der Waals surface area contributed by atoms with Crippen LogP contribution in [0.15, 0.2) is 24.5 Å². The highest BCUT2D eigenvalue weighted by atomic mass is 16.3. The molecule has 100 valence electrons. The number of amides is 1. The third-order valence-electron chi connectivity index (χ3n) is 3.78. The summed E-state index contributed by atoms with van der Waals surface area (Å²) in [5.41, 5.74) is 2.45. The number of fused-ring (bicyclic) bond motifs is 1. The van der Waals surface area contributed by atoms with Gasteiger partial charge in [0.2, 0.25) is 0 Å². The van der Waals surface area contributed by atoms with Crippen LogP contribution in [0, 0.1) is 5.92 Å². The number of aliphatic hydroxyl groups excluding tert-OH is 1. The third kappa shape index (κ3) is 2.33. The van der Waals surface area contributed by atoms with Gasteiger partial charge in [-0.05, 0) is 37.0 Å². The van der Waals surface area contributed by atoms with Crippen LogP contribution >= 0.6 is 0 Å². The van der Waals surface area contributed by atoms with Crippen molar-refractivity contribution in [1.29, 1.82) is 0 Å². The molecule has 1 aliphatic rings. The van der Waals surface area contributed by atoms with E-state index < -0.39 is 0 Å². The van der Waals surface area contributed by atoms with Gasteiger partial charge in [0, 0.05) is 25.3 Å². The maximum atomic E-state index is 12.4. The predicted octanol–water partition coefficient (Wildman–Crippen LogP) is 1.41. The second-order valence-corrected chi connectivity index (χ2v) is 5.05. The number of hydrogen-bond acceptors (Lipinski definition) is 3. The summed E-state index contributed by atoms with van der Waals surface area (Å²) >= 11 is 0. The lowest BCUT2D eigenvalue weighted by molar-refractivity contribution is 0.0785. The Kier molecular flexibility index (Phi) is 3.21. The molecule has 5 heteroatoms. The zero-order valence-corrected chi connectivity index (χ0v) is 10.7. The Morgan fingerprint density at radius 2 is 2.42 bits per heavy atom. The molecule has 1 unspecified atom stereocenters. The fraction of sp³-hybridized carbons (Fsp3) is 0.429. The topological polar surface area (TPSA) is 69.2 Å². The van der Waals surface area contributed by atoms with Crippen LogP contribution in [0.1, 0.15) is 23.2 Å². The molecule has 1 amide bonds. The molecule has 0 bridgehead atoms. The molecule has 3 rings (SSSR count). The van der Waals surface area contributed by atoms with E-state index in [1.165, 1.54) is 0 Å². The number of aromatic nitrogens is 2. The molecule has 5 nitrogen and oxygen atoms in total. The molecule has 1 atom stereocenters. The first-order valence-corrected chi connectivity index (χ1v) is 6.61. The molecule has 1 saturated heterocycles. The van der Waals surface area contributed by atoms with Crippen LogP contribution in [0.3, 0.4) is 0 Å². The fourth-order valence-corrected chi connectivity index (χ4v) is 2.69. The number of benzene rings is 1. The van der Waals surface area contributed by atoms with Crippen LogP contribution in [0.25, 0.3) is 11.0 Å². The van der Waals surface area contributed by atoms with Gasteiger partial charge < -0.3 is 15.0 Å². The molecule has 1 fully saturated rings. The number of hydrogen-bond donors (Lipinski definition) is 2. The van der Waals surface area contributed by atoms with Crippen molar-refractivity contribution in [2.24, 2.45) is 5.92 Å². The van der Waals surface area contributed by atoms with Gasteiger partial charge in [-0.25, -0.2) is 4.98 Å². The summed E-state index contributed by atoms with van der Waals surface area (Å²) in [5.74, 6) is 0.502. The van der Waals surface area contributed by atoms with Crippen molar-refractivity contribution in [1.82, 2.24) is 14.9 Å². The maximum absolute atomic E-state index is 12.4. The summed E-state index contributed by atoms with van der Waals surface area (Å²) in [6.07, 6.45) is 3.40. The number of nitrogens with zero attached hydrogens (tertiary/aromatic N) is 2. The van der Waals surface area contributed by atoms with Crippen LogP contribution in [-0.4, -0.2) is 45.6 Å². The highest BCUT2D eigenvalue weighted by molar-refractivity contribution is 5.97. The van der Waals surface area contributed by atoms with Gasteiger partial charge in [-0.2, -0.15) is 0 Å². The van der Waals surface area contributed by atoms with Crippen LogP contribution in [-0.2, 0) is 0 Å². The first-order chi connectivity index (χ1) is 9.28. The first-order valence-electron chi connectivity index (χ1n) is 6.61. The quantitative estimate of drug-likeness (QED) is 0.875. The summed E-state index contributed by atoms with van der Waals surface area (Å²) < 4.78 is 0. The van der Waals surface area contributed by atoms with E-state index in [0.717, 1.165) is 37.0 Å². The molecular weight excluding hydrogens is 242 g/mol. The number of nitrogens with one attached hydrogen (secondary N) is 1. The van der Waals surface area contributed by atoms with Gasteiger partial charge in [-0.3, -0.25) is 4.79 Å². The average molecular weight is 259 g/mol. The standard InChI is InChI=1S/C14H17N3O2/c18-6-4-10-3-5-17(8-10)14(19)11-1-2-12-13(7-11)16-9-15-12/h1-2,7,9-10,18H,3-6,8H2,(H,15,16). The van der Waals surface area contributed by atoms with Crippen molar-refractivity contribution in [3.63, 3.8) is 0 Å². The number of aromatic amines is 1. The minimum absolute atomic E-state index is 0.0666. The minimum Gasteiger partial charge on any atom is -0.396 e. The maximum Gasteiger partial charge on any atom is 0.253 e. The number of likely N-dealkylation sites (tertiary alicyclic amines) is 1. The van der Waals surface area contributed by atoms with Gasteiger partial charge in [0.15, 0.2) is 0 Å². The van der Waals surface area contributed by atoms with Gasteiger partial charge in [0.05, 0.1) is 17.4 Å². The van der Waals surface area contributed by atoms with Gasteiger partial charge in [-0.1, -0.05) is 0 Å².